The Morgan fingerprint density at radius 2 is 2.25 bits per heavy atom. The van der Waals surface area contributed by atoms with Gasteiger partial charge < -0.3 is 20.1 Å². The van der Waals surface area contributed by atoms with Crippen LogP contribution in [0.1, 0.15) is 34.0 Å². The molecule has 2 N–H and O–H groups in total. The second-order valence-corrected chi connectivity index (χ2v) is 5.96. The minimum Gasteiger partial charge on any atom is -0.364 e. The van der Waals surface area contributed by atoms with Crippen LogP contribution < -0.4 is 15.5 Å². The minimum atomic E-state index is -0.265. The Morgan fingerprint density at radius 1 is 1.42 bits per heavy atom. The van der Waals surface area contributed by atoms with Crippen molar-refractivity contribution in [3.63, 3.8) is 0 Å². The lowest BCUT2D eigenvalue weighted by atomic mass is 10.2. The Bertz CT molecular complexity index is 716. The number of carbonyl (C=O) groups is 1. The van der Waals surface area contributed by atoms with Gasteiger partial charge in [0.1, 0.15) is 12.1 Å². The fourth-order valence-electron chi connectivity index (χ4n) is 2.83. The Morgan fingerprint density at radius 3 is 2.96 bits per heavy atom. The molecule has 3 heterocycles. The summed E-state index contributed by atoms with van der Waals surface area (Å²) in [5.74, 6) is 0.792. The summed E-state index contributed by atoms with van der Waals surface area (Å²) >= 11 is 0. The highest BCUT2D eigenvalue weighted by molar-refractivity contribution is 5.90. The molecule has 3 rings (SSSR count). The van der Waals surface area contributed by atoms with Crippen LogP contribution in [0.25, 0.3) is 0 Å². The van der Waals surface area contributed by atoms with Crippen LogP contribution in [0.2, 0.25) is 0 Å². The third-order valence-electron chi connectivity index (χ3n) is 4.34. The molecule has 0 aliphatic carbocycles. The number of aromatic nitrogens is 3. The van der Waals surface area contributed by atoms with Crippen molar-refractivity contribution in [2.24, 2.45) is 0 Å². The lowest BCUT2D eigenvalue weighted by molar-refractivity contribution is 0.0952. The smallest absolute Gasteiger partial charge is 0.288 e. The number of anilines is 1. The van der Waals surface area contributed by atoms with E-state index in [-0.39, 0.29) is 11.7 Å². The highest BCUT2D eigenvalue weighted by atomic mass is 16.5. The molecule has 0 radical (unpaired) electrons. The van der Waals surface area contributed by atoms with Gasteiger partial charge in [0.2, 0.25) is 5.82 Å². The molecule has 0 bridgehead atoms. The molecular weight excluding hydrogens is 308 g/mol. The molecule has 24 heavy (non-hydrogen) atoms. The Labute approximate surface area is 140 Å². The number of carbonyl (C=O) groups excluding carboxylic acids is 1. The Kier molecular flexibility index (Phi) is 4.75. The molecule has 1 atom stereocenters. The number of rotatable bonds is 5. The van der Waals surface area contributed by atoms with Crippen molar-refractivity contribution in [1.29, 1.82) is 0 Å². The van der Waals surface area contributed by atoms with Crippen molar-refractivity contribution < 1.29 is 9.32 Å². The maximum absolute atomic E-state index is 11.9. The zero-order valence-corrected chi connectivity index (χ0v) is 14.2. The third-order valence-corrected chi connectivity index (χ3v) is 4.34. The molecule has 8 heteroatoms. The lowest BCUT2D eigenvalue weighted by Crippen LogP contribution is -2.33. The number of amides is 1. The quantitative estimate of drug-likeness (QED) is 0.837. The molecule has 1 saturated heterocycles. The van der Waals surface area contributed by atoms with Gasteiger partial charge >= 0.3 is 0 Å². The number of nitrogens with one attached hydrogen (secondary N) is 2. The summed E-state index contributed by atoms with van der Waals surface area (Å²) in [4.78, 5) is 22.8. The average Bonchev–Trinajstić information content (AvgIpc) is 3.25. The highest BCUT2D eigenvalue weighted by Gasteiger charge is 2.26. The summed E-state index contributed by atoms with van der Waals surface area (Å²) in [6, 6.07) is 2.20. The molecule has 2 aromatic rings. The topological polar surface area (TPSA) is 96.2 Å². The number of aryl methyl sites for hydroxylation is 1. The molecule has 0 saturated carbocycles. The Hall–Kier alpha value is -2.48. The van der Waals surface area contributed by atoms with Gasteiger partial charge in [0.15, 0.2) is 0 Å². The van der Waals surface area contributed by atoms with Gasteiger partial charge in [0.05, 0.1) is 5.69 Å². The van der Waals surface area contributed by atoms with Gasteiger partial charge in [-0.3, -0.25) is 4.79 Å². The number of hydrogen-bond donors (Lipinski definition) is 2. The van der Waals surface area contributed by atoms with Crippen molar-refractivity contribution in [1.82, 2.24) is 25.8 Å². The monoisotopic (exact) mass is 330 g/mol. The molecule has 1 aliphatic rings. The largest absolute Gasteiger partial charge is 0.364 e. The van der Waals surface area contributed by atoms with Crippen molar-refractivity contribution in [2.45, 2.75) is 32.9 Å². The van der Waals surface area contributed by atoms with E-state index in [2.05, 4.69) is 30.7 Å². The zero-order chi connectivity index (χ0) is 17.1. The average molecular weight is 330 g/mol. The fraction of sp³-hybridized carbons (Fsp3) is 0.500. The molecule has 8 nitrogen and oxygen atoms in total. The van der Waals surface area contributed by atoms with E-state index in [1.807, 2.05) is 19.9 Å². The molecule has 1 fully saturated rings. The summed E-state index contributed by atoms with van der Waals surface area (Å²) in [6.45, 7) is 6.31. The van der Waals surface area contributed by atoms with Gasteiger partial charge in [0, 0.05) is 50.0 Å². The summed E-state index contributed by atoms with van der Waals surface area (Å²) in [7, 11) is 1.58. The van der Waals surface area contributed by atoms with E-state index < -0.39 is 0 Å². The van der Waals surface area contributed by atoms with E-state index in [1.54, 1.807) is 13.3 Å². The van der Waals surface area contributed by atoms with E-state index >= 15 is 0 Å². The third kappa shape index (κ3) is 3.38. The first kappa shape index (κ1) is 16.4. The van der Waals surface area contributed by atoms with Gasteiger partial charge in [-0.25, -0.2) is 9.97 Å². The minimum absolute atomic E-state index is 0.217. The van der Waals surface area contributed by atoms with Crippen LogP contribution in [0.5, 0.6) is 0 Å². The molecule has 1 amide bonds. The summed E-state index contributed by atoms with van der Waals surface area (Å²) < 4.78 is 4.84. The van der Waals surface area contributed by atoms with Gasteiger partial charge in [-0.1, -0.05) is 5.16 Å². The van der Waals surface area contributed by atoms with E-state index in [1.165, 1.54) is 0 Å². The maximum Gasteiger partial charge on any atom is 0.288 e. The van der Waals surface area contributed by atoms with Crippen LogP contribution in [-0.4, -0.2) is 47.2 Å². The van der Waals surface area contributed by atoms with Crippen molar-refractivity contribution in [3.05, 3.63) is 35.1 Å². The molecule has 1 aliphatic heterocycles. The predicted molar refractivity (Wildman–Crippen MR) is 88.9 cm³/mol. The summed E-state index contributed by atoms with van der Waals surface area (Å²) in [5, 5.41) is 9.96. The SMILES string of the molecule is CNC(=O)c1nc(C)c(C)c(N2CC[C@@H](NCc3ccon3)C2)n1. The van der Waals surface area contributed by atoms with Crippen LogP contribution >= 0.6 is 0 Å². The van der Waals surface area contributed by atoms with E-state index in [0.717, 1.165) is 42.3 Å². The molecule has 128 valence electrons. The lowest BCUT2D eigenvalue weighted by Gasteiger charge is -2.21. The van der Waals surface area contributed by atoms with E-state index in [9.17, 15) is 4.79 Å². The summed E-state index contributed by atoms with van der Waals surface area (Å²) in [6.07, 6.45) is 2.58. The Balaban J connectivity index is 1.70. The first-order chi connectivity index (χ1) is 11.6. The van der Waals surface area contributed by atoms with Gasteiger partial charge in [-0.15, -0.1) is 0 Å². The molecule has 2 aromatic heterocycles. The standard InChI is InChI=1S/C16H22N6O2/c1-10-11(2)19-14(16(23)17-3)20-15(10)22-6-4-13(9-22)18-8-12-5-7-24-21-12/h5,7,13,18H,4,6,8-9H2,1-3H3,(H,17,23)/t13-/m1/s1. The first-order valence-corrected chi connectivity index (χ1v) is 8.03. The molecule has 0 aromatic carbocycles. The van der Waals surface area contributed by atoms with Crippen LogP contribution in [0.15, 0.2) is 16.9 Å². The molecular formula is C16H22N6O2. The van der Waals surface area contributed by atoms with E-state index in [4.69, 9.17) is 4.52 Å². The predicted octanol–water partition coefficient (Wildman–Crippen LogP) is 0.810. The first-order valence-electron chi connectivity index (χ1n) is 8.03. The fourth-order valence-corrected chi connectivity index (χ4v) is 2.83. The van der Waals surface area contributed by atoms with Crippen molar-refractivity contribution in [3.8, 4) is 0 Å². The van der Waals surface area contributed by atoms with Crippen molar-refractivity contribution >= 4 is 11.7 Å². The maximum atomic E-state index is 11.9. The van der Waals surface area contributed by atoms with Crippen LogP contribution in [0.3, 0.4) is 0 Å². The molecule has 0 spiro atoms. The van der Waals surface area contributed by atoms with Crippen molar-refractivity contribution in [2.75, 3.05) is 25.0 Å². The zero-order valence-electron chi connectivity index (χ0n) is 14.2. The second kappa shape index (κ2) is 6.96. The normalized spacial score (nSPS) is 17.3. The van der Waals surface area contributed by atoms with Gasteiger partial charge in [0.25, 0.3) is 5.91 Å². The van der Waals surface area contributed by atoms with Crippen LogP contribution in [-0.2, 0) is 6.54 Å². The number of nitrogens with zero attached hydrogens (tertiary/aromatic N) is 4. The van der Waals surface area contributed by atoms with Crippen LogP contribution in [0, 0.1) is 13.8 Å². The molecule has 0 unspecified atom stereocenters. The highest BCUT2D eigenvalue weighted by Crippen LogP contribution is 2.24. The van der Waals surface area contributed by atoms with Gasteiger partial charge in [-0.2, -0.15) is 0 Å². The number of hydrogen-bond acceptors (Lipinski definition) is 7. The van der Waals surface area contributed by atoms with Crippen LogP contribution in [0.4, 0.5) is 5.82 Å². The second-order valence-electron chi connectivity index (χ2n) is 5.96. The summed E-state index contributed by atoms with van der Waals surface area (Å²) in [5.41, 5.74) is 2.74. The van der Waals surface area contributed by atoms with E-state index in [0.29, 0.717) is 12.6 Å². The van der Waals surface area contributed by atoms with Gasteiger partial charge in [-0.05, 0) is 20.3 Å².